The van der Waals surface area contributed by atoms with E-state index in [0.717, 1.165) is 36.9 Å². The highest BCUT2D eigenvalue weighted by Crippen LogP contribution is 2.25. The Bertz CT molecular complexity index is 411. The lowest BCUT2D eigenvalue weighted by Gasteiger charge is -2.20. The van der Waals surface area contributed by atoms with Gasteiger partial charge in [-0.3, -0.25) is 0 Å². The van der Waals surface area contributed by atoms with Crippen LogP contribution in [0, 0.1) is 5.92 Å². The summed E-state index contributed by atoms with van der Waals surface area (Å²) in [6, 6.07) is 8.22. The first-order valence-corrected chi connectivity index (χ1v) is 7.77. The van der Waals surface area contributed by atoms with Crippen molar-refractivity contribution in [2.45, 2.75) is 31.9 Å². The average molecular weight is 327 g/mol. The molecule has 3 atom stereocenters. The summed E-state index contributed by atoms with van der Waals surface area (Å²) in [4.78, 5) is 2.41. The Morgan fingerprint density at radius 2 is 2.21 bits per heavy atom. The zero-order valence-electron chi connectivity index (χ0n) is 11.4. The molecule has 19 heavy (non-hydrogen) atoms. The summed E-state index contributed by atoms with van der Waals surface area (Å²) >= 11 is 3.55. The van der Waals surface area contributed by atoms with Crippen molar-refractivity contribution in [1.29, 1.82) is 0 Å². The molecule has 3 unspecified atom stereocenters. The number of likely N-dealkylation sites (tertiary alicyclic amines) is 1. The van der Waals surface area contributed by atoms with Gasteiger partial charge in [0.1, 0.15) is 0 Å². The molecule has 0 amide bonds. The number of aliphatic hydroxyl groups excluding tert-OH is 1. The number of aliphatic hydroxyl groups is 1. The van der Waals surface area contributed by atoms with E-state index in [2.05, 4.69) is 26.9 Å². The van der Waals surface area contributed by atoms with E-state index in [4.69, 9.17) is 5.73 Å². The molecule has 106 valence electrons. The number of nitrogens with zero attached hydrogens (tertiary/aromatic N) is 1. The zero-order valence-corrected chi connectivity index (χ0v) is 13.0. The Morgan fingerprint density at radius 1 is 1.47 bits per heavy atom. The Hall–Kier alpha value is -0.420. The minimum absolute atomic E-state index is 0.0705. The molecule has 0 saturated carbocycles. The second-order valence-corrected chi connectivity index (χ2v) is 6.36. The number of hydrogen-bond acceptors (Lipinski definition) is 3. The van der Waals surface area contributed by atoms with Crippen molar-refractivity contribution in [1.82, 2.24) is 4.90 Å². The molecule has 0 aliphatic carbocycles. The molecule has 0 spiro atoms. The molecule has 1 heterocycles. The minimum Gasteiger partial charge on any atom is -0.393 e. The largest absolute Gasteiger partial charge is 0.393 e. The fourth-order valence-electron chi connectivity index (χ4n) is 2.71. The Morgan fingerprint density at radius 3 is 2.84 bits per heavy atom. The van der Waals surface area contributed by atoms with Crippen molar-refractivity contribution in [3.8, 4) is 0 Å². The van der Waals surface area contributed by atoms with Gasteiger partial charge >= 0.3 is 0 Å². The van der Waals surface area contributed by atoms with E-state index in [0.29, 0.717) is 5.92 Å². The monoisotopic (exact) mass is 326 g/mol. The summed E-state index contributed by atoms with van der Waals surface area (Å²) < 4.78 is 1.09. The van der Waals surface area contributed by atoms with Crippen LogP contribution >= 0.6 is 15.9 Å². The van der Waals surface area contributed by atoms with Gasteiger partial charge in [-0.15, -0.1) is 0 Å². The first-order valence-electron chi connectivity index (χ1n) is 6.98. The summed E-state index contributed by atoms with van der Waals surface area (Å²) in [6.07, 6.45) is 1.86. The summed E-state index contributed by atoms with van der Waals surface area (Å²) in [5, 5.41) is 9.60. The standard InChI is InChI=1S/C15H23BrN2O/c1-11(19)12-6-8-18(10-12)9-7-15(17)13-4-2-3-5-14(13)16/h2-5,11-12,15,19H,6-10,17H2,1H3. The normalized spacial score (nSPS) is 23.5. The minimum atomic E-state index is -0.193. The first kappa shape index (κ1) is 15.0. The Labute approximate surface area is 123 Å². The van der Waals surface area contributed by atoms with E-state index in [1.54, 1.807) is 0 Å². The smallest absolute Gasteiger partial charge is 0.0552 e. The Kier molecular flexibility index (Phi) is 5.39. The molecule has 2 rings (SSSR count). The maximum atomic E-state index is 9.60. The van der Waals surface area contributed by atoms with Crippen LogP contribution in [0.5, 0.6) is 0 Å². The van der Waals surface area contributed by atoms with Gasteiger partial charge in [0.25, 0.3) is 0 Å². The van der Waals surface area contributed by atoms with Crippen LogP contribution in [0.3, 0.4) is 0 Å². The molecule has 1 aromatic carbocycles. The summed E-state index contributed by atoms with van der Waals surface area (Å²) in [6.45, 7) is 4.98. The van der Waals surface area contributed by atoms with Gasteiger partial charge in [0.2, 0.25) is 0 Å². The molecule has 1 aromatic rings. The molecular weight excluding hydrogens is 304 g/mol. The van der Waals surface area contributed by atoms with Crippen molar-refractivity contribution >= 4 is 15.9 Å². The van der Waals surface area contributed by atoms with Crippen molar-refractivity contribution in [2.24, 2.45) is 11.7 Å². The van der Waals surface area contributed by atoms with Crippen LogP contribution in [0.1, 0.15) is 31.4 Å². The summed E-state index contributed by atoms with van der Waals surface area (Å²) in [7, 11) is 0. The van der Waals surface area contributed by atoms with Crippen LogP contribution < -0.4 is 5.73 Å². The van der Waals surface area contributed by atoms with Crippen LogP contribution in [-0.4, -0.2) is 35.7 Å². The van der Waals surface area contributed by atoms with Gasteiger partial charge in [-0.1, -0.05) is 34.1 Å². The van der Waals surface area contributed by atoms with Crippen molar-refractivity contribution in [2.75, 3.05) is 19.6 Å². The molecule has 0 aromatic heterocycles. The van der Waals surface area contributed by atoms with Gasteiger partial charge in [-0.2, -0.15) is 0 Å². The fourth-order valence-corrected chi connectivity index (χ4v) is 3.29. The predicted octanol–water partition coefficient (Wildman–Crippen LogP) is 2.54. The van der Waals surface area contributed by atoms with E-state index in [9.17, 15) is 5.11 Å². The quantitative estimate of drug-likeness (QED) is 0.874. The van der Waals surface area contributed by atoms with E-state index >= 15 is 0 Å². The summed E-state index contributed by atoms with van der Waals surface area (Å²) in [5.41, 5.74) is 7.44. The maximum absolute atomic E-state index is 9.60. The number of halogens is 1. The van der Waals surface area contributed by atoms with Crippen LogP contribution in [-0.2, 0) is 0 Å². The van der Waals surface area contributed by atoms with E-state index in [1.807, 2.05) is 25.1 Å². The van der Waals surface area contributed by atoms with E-state index < -0.39 is 0 Å². The SMILES string of the molecule is CC(O)C1CCN(CCC(N)c2ccccc2Br)C1. The first-order chi connectivity index (χ1) is 9.08. The molecular formula is C15H23BrN2O. The average Bonchev–Trinajstić information content (AvgIpc) is 2.85. The van der Waals surface area contributed by atoms with Gasteiger partial charge in [0, 0.05) is 17.1 Å². The lowest BCUT2D eigenvalue weighted by atomic mass is 10.0. The van der Waals surface area contributed by atoms with Gasteiger partial charge in [0.15, 0.2) is 0 Å². The summed E-state index contributed by atoms with van der Waals surface area (Å²) in [5.74, 6) is 0.430. The fraction of sp³-hybridized carbons (Fsp3) is 0.600. The van der Waals surface area contributed by atoms with Crippen molar-refractivity contribution in [3.63, 3.8) is 0 Å². The van der Waals surface area contributed by atoms with Crippen molar-refractivity contribution in [3.05, 3.63) is 34.3 Å². The molecule has 1 aliphatic rings. The van der Waals surface area contributed by atoms with Gasteiger partial charge in [-0.25, -0.2) is 0 Å². The highest BCUT2D eigenvalue weighted by Gasteiger charge is 2.25. The lowest BCUT2D eigenvalue weighted by molar-refractivity contribution is 0.127. The lowest BCUT2D eigenvalue weighted by Crippen LogP contribution is -2.27. The molecule has 1 fully saturated rings. The molecule has 4 heteroatoms. The van der Waals surface area contributed by atoms with E-state index in [-0.39, 0.29) is 12.1 Å². The zero-order chi connectivity index (χ0) is 13.8. The third kappa shape index (κ3) is 4.02. The molecule has 3 nitrogen and oxygen atoms in total. The van der Waals surface area contributed by atoms with Crippen LogP contribution in [0.15, 0.2) is 28.7 Å². The number of hydrogen-bond donors (Lipinski definition) is 2. The molecule has 1 aliphatic heterocycles. The highest BCUT2D eigenvalue weighted by atomic mass is 79.9. The second-order valence-electron chi connectivity index (χ2n) is 5.51. The number of rotatable bonds is 5. The third-order valence-corrected chi connectivity index (χ3v) is 4.77. The molecule has 0 radical (unpaired) electrons. The van der Waals surface area contributed by atoms with Gasteiger partial charge < -0.3 is 15.7 Å². The van der Waals surface area contributed by atoms with Crippen LogP contribution in [0.2, 0.25) is 0 Å². The molecule has 3 N–H and O–H groups in total. The highest BCUT2D eigenvalue weighted by molar-refractivity contribution is 9.10. The number of benzene rings is 1. The third-order valence-electron chi connectivity index (χ3n) is 4.05. The van der Waals surface area contributed by atoms with E-state index in [1.165, 1.54) is 5.56 Å². The topological polar surface area (TPSA) is 49.5 Å². The van der Waals surface area contributed by atoms with Gasteiger partial charge in [-0.05, 0) is 50.4 Å². The molecule has 1 saturated heterocycles. The van der Waals surface area contributed by atoms with Gasteiger partial charge in [0.05, 0.1) is 6.10 Å². The maximum Gasteiger partial charge on any atom is 0.0552 e. The second kappa shape index (κ2) is 6.84. The number of nitrogens with two attached hydrogens (primary N) is 1. The Balaban J connectivity index is 1.82. The molecule has 0 bridgehead atoms. The predicted molar refractivity (Wildman–Crippen MR) is 81.9 cm³/mol. The van der Waals surface area contributed by atoms with Crippen molar-refractivity contribution < 1.29 is 5.11 Å². The van der Waals surface area contributed by atoms with Crippen LogP contribution in [0.25, 0.3) is 0 Å². The van der Waals surface area contributed by atoms with Crippen LogP contribution in [0.4, 0.5) is 0 Å².